The first kappa shape index (κ1) is 42.3. The van der Waals surface area contributed by atoms with Gasteiger partial charge in [0.25, 0.3) is 0 Å². The fraction of sp³-hybridized carbons (Fsp3) is 0.969. The lowest BCUT2D eigenvalue weighted by molar-refractivity contribution is -0.350. The molecule has 0 aromatic heterocycles. The number of nitrogens with one attached hydrogen (secondary N) is 1. The molecule has 0 aromatic rings. The highest BCUT2D eigenvalue weighted by Crippen LogP contribution is 2.32. The Morgan fingerprint density at radius 2 is 1.10 bits per heavy atom. The number of hydrogen-bond donors (Lipinski definition) is 11. The monoisotopic (exact) mass is 711 g/mol. The number of amides is 1. The Kier molecular flexibility index (Phi) is 18.5. The molecule has 3 fully saturated rings. The summed E-state index contributed by atoms with van der Waals surface area (Å²) < 4.78 is 28.6. The molecule has 3 heterocycles. The van der Waals surface area contributed by atoms with Gasteiger partial charge in [-0.05, 0) is 6.42 Å². The van der Waals surface area contributed by atoms with E-state index < -0.39 is 118 Å². The number of unbranched alkanes of at least 4 members (excludes halogenated alkanes) is 10. The topological polar surface area (TPSA) is 289 Å². The molecular weight excluding hydrogens is 650 g/mol. The number of hydrogen-bond acceptors (Lipinski definition) is 16. The van der Waals surface area contributed by atoms with E-state index in [1.54, 1.807) is 0 Å². The number of rotatable bonds is 20. The van der Waals surface area contributed by atoms with Crippen molar-refractivity contribution in [3.8, 4) is 0 Å². The summed E-state index contributed by atoms with van der Waals surface area (Å²) in [6.07, 6.45) is -5.48. The Morgan fingerprint density at radius 3 is 1.67 bits per heavy atom. The Labute approximate surface area is 287 Å². The van der Waals surface area contributed by atoms with Gasteiger partial charge in [-0.25, -0.2) is 0 Å². The molecule has 3 aliphatic heterocycles. The van der Waals surface area contributed by atoms with Gasteiger partial charge in [0.1, 0.15) is 61.0 Å². The van der Waals surface area contributed by atoms with E-state index in [0.717, 1.165) is 25.7 Å². The Morgan fingerprint density at radius 1 is 0.612 bits per heavy atom. The molecule has 0 aliphatic carbocycles. The standard InChI is InChI=1S/C32H61N3O14/c1-2-3-4-5-6-7-8-9-10-11-12-13-20(39)35-23-27(43)29(48-31-22(34)25(41)24(40)17(14-36)46-31)19(16-38)47-32(23)49-28-18(15-37)45-30(44)21(33)26(28)42/h17-19,21-32,36-38,40-44H,2-16,33-34H2,1H3,(H,35,39)/t17-,18-,19-,21-,22-,23-,24-,25-,26-,27-,28?,29?,30-,31+,32+/m1/s1. The molecule has 0 aromatic carbocycles. The van der Waals surface area contributed by atoms with Crippen molar-refractivity contribution in [1.29, 1.82) is 0 Å². The molecule has 0 bridgehead atoms. The first-order valence-corrected chi connectivity index (χ1v) is 17.8. The maximum absolute atomic E-state index is 13.2. The van der Waals surface area contributed by atoms with Crippen LogP contribution in [0.2, 0.25) is 0 Å². The van der Waals surface area contributed by atoms with Crippen molar-refractivity contribution in [2.75, 3.05) is 19.8 Å². The number of carbonyl (C=O) groups is 1. The van der Waals surface area contributed by atoms with Gasteiger partial charge in [0.05, 0.1) is 31.9 Å². The van der Waals surface area contributed by atoms with Crippen LogP contribution in [0, 0.1) is 0 Å². The van der Waals surface area contributed by atoms with Crippen molar-refractivity contribution in [2.24, 2.45) is 11.5 Å². The van der Waals surface area contributed by atoms with E-state index in [-0.39, 0.29) is 6.42 Å². The molecule has 288 valence electrons. The van der Waals surface area contributed by atoms with Crippen molar-refractivity contribution < 1.29 is 69.3 Å². The number of aliphatic hydroxyl groups is 8. The predicted octanol–water partition coefficient (Wildman–Crippen LogP) is -2.82. The van der Waals surface area contributed by atoms with Gasteiger partial charge in [-0.15, -0.1) is 0 Å². The van der Waals surface area contributed by atoms with E-state index in [1.807, 2.05) is 0 Å². The van der Waals surface area contributed by atoms with Crippen LogP contribution in [0.25, 0.3) is 0 Å². The molecule has 0 spiro atoms. The zero-order valence-corrected chi connectivity index (χ0v) is 28.4. The summed E-state index contributed by atoms with van der Waals surface area (Å²) in [6.45, 7) is 0.0772. The Bertz CT molecular complexity index is 938. The third-order valence-corrected chi connectivity index (χ3v) is 9.62. The lowest BCUT2D eigenvalue weighted by Crippen LogP contribution is -2.70. The van der Waals surface area contributed by atoms with Crippen LogP contribution in [0.3, 0.4) is 0 Å². The van der Waals surface area contributed by atoms with E-state index >= 15 is 0 Å². The molecule has 17 nitrogen and oxygen atoms in total. The highest BCUT2D eigenvalue weighted by atomic mass is 16.7. The first-order valence-electron chi connectivity index (χ1n) is 17.8. The second-order valence-corrected chi connectivity index (χ2v) is 13.4. The summed E-state index contributed by atoms with van der Waals surface area (Å²) in [6, 6.07) is -4.04. The number of nitrogens with two attached hydrogens (primary N) is 2. The van der Waals surface area contributed by atoms with Gasteiger partial charge in [-0.2, -0.15) is 0 Å². The maximum Gasteiger partial charge on any atom is 0.220 e. The van der Waals surface area contributed by atoms with Crippen LogP contribution in [0.5, 0.6) is 0 Å². The van der Waals surface area contributed by atoms with Crippen LogP contribution >= 0.6 is 0 Å². The smallest absolute Gasteiger partial charge is 0.220 e. The molecule has 3 rings (SSSR count). The number of ether oxygens (including phenoxy) is 5. The lowest BCUT2D eigenvalue weighted by Gasteiger charge is -2.49. The van der Waals surface area contributed by atoms with Crippen molar-refractivity contribution in [3.05, 3.63) is 0 Å². The van der Waals surface area contributed by atoms with Crippen molar-refractivity contribution in [1.82, 2.24) is 5.32 Å². The molecule has 0 radical (unpaired) electrons. The van der Waals surface area contributed by atoms with Crippen molar-refractivity contribution >= 4 is 5.91 Å². The van der Waals surface area contributed by atoms with Gasteiger partial charge < -0.3 is 81.3 Å². The van der Waals surface area contributed by atoms with Crippen molar-refractivity contribution in [2.45, 2.75) is 176 Å². The SMILES string of the molecule is CCCCCCCCCCCCCC(=O)N[C@H]1[C@H](OC2[C@@H](CO)O[C@@H](O)[C@H](N)[C@H]2O)O[C@H](CO)C(O[C@@H]2O[C@H](CO)[C@@H](O)[C@H](O)[C@H]2N)[C@@H]1O. The lowest BCUT2D eigenvalue weighted by atomic mass is 9.94. The Balaban J connectivity index is 1.68. The minimum Gasteiger partial charge on any atom is -0.394 e. The average molecular weight is 712 g/mol. The highest BCUT2D eigenvalue weighted by molar-refractivity contribution is 5.76. The van der Waals surface area contributed by atoms with E-state index in [0.29, 0.717) is 6.42 Å². The van der Waals surface area contributed by atoms with Crippen LogP contribution in [-0.4, -0.2) is 159 Å². The summed E-state index contributed by atoms with van der Waals surface area (Å²) in [5.41, 5.74) is 11.9. The minimum absolute atomic E-state index is 0.117. The summed E-state index contributed by atoms with van der Waals surface area (Å²) in [7, 11) is 0. The molecular formula is C32H61N3O14. The quantitative estimate of drug-likeness (QED) is 0.0568. The summed E-state index contributed by atoms with van der Waals surface area (Å²) in [5, 5.41) is 85.4. The molecule has 15 atom stereocenters. The predicted molar refractivity (Wildman–Crippen MR) is 172 cm³/mol. The Hall–Kier alpha value is -1.13. The van der Waals surface area contributed by atoms with Crippen molar-refractivity contribution in [3.63, 3.8) is 0 Å². The van der Waals surface area contributed by atoms with Gasteiger partial charge >= 0.3 is 0 Å². The van der Waals surface area contributed by atoms with Gasteiger partial charge in [-0.1, -0.05) is 71.1 Å². The summed E-state index contributed by atoms with van der Waals surface area (Å²) in [4.78, 5) is 13.2. The maximum atomic E-state index is 13.2. The molecule has 49 heavy (non-hydrogen) atoms. The van der Waals surface area contributed by atoms with Crippen LogP contribution in [0.4, 0.5) is 0 Å². The van der Waals surface area contributed by atoms with Crippen LogP contribution in [0.15, 0.2) is 0 Å². The normalized spacial score (nSPS) is 39.9. The number of aliphatic hydroxyl groups excluding tert-OH is 8. The largest absolute Gasteiger partial charge is 0.394 e. The molecule has 13 N–H and O–H groups in total. The fourth-order valence-electron chi connectivity index (χ4n) is 6.52. The van der Waals surface area contributed by atoms with Gasteiger partial charge in [0, 0.05) is 6.42 Å². The van der Waals surface area contributed by atoms with Crippen LogP contribution < -0.4 is 16.8 Å². The van der Waals surface area contributed by atoms with Gasteiger partial charge in [-0.3, -0.25) is 4.79 Å². The zero-order valence-electron chi connectivity index (χ0n) is 28.4. The molecule has 17 heteroatoms. The van der Waals surface area contributed by atoms with E-state index in [9.17, 15) is 45.6 Å². The second-order valence-electron chi connectivity index (χ2n) is 13.4. The first-order chi connectivity index (χ1) is 23.5. The van der Waals surface area contributed by atoms with Crippen LogP contribution in [-0.2, 0) is 28.5 Å². The molecule has 2 unspecified atom stereocenters. The summed E-state index contributed by atoms with van der Waals surface area (Å²) in [5.74, 6) is -0.450. The molecule has 0 saturated carbocycles. The minimum atomic E-state index is -1.67. The van der Waals surface area contributed by atoms with Gasteiger partial charge in [0.2, 0.25) is 5.91 Å². The van der Waals surface area contributed by atoms with E-state index in [1.165, 1.54) is 38.5 Å². The molecule has 3 saturated heterocycles. The third kappa shape index (κ3) is 11.7. The van der Waals surface area contributed by atoms with E-state index in [4.69, 9.17) is 35.2 Å². The van der Waals surface area contributed by atoms with E-state index in [2.05, 4.69) is 12.2 Å². The second kappa shape index (κ2) is 21.4. The van der Waals surface area contributed by atoms with Gasteiger partial charge in [0.15, 0.2) is 18.9 Å². The summed E-state index contributed by atoms with van der Waals surface area (Å²) >= 11 is 0. The zero-order chi connectivity index (χ0) is 36.1. The molecule has 3 aliphatic rings. The fourth-order valence-corrected chi connectivity index (χ4v) is 6.52. The highest BCUT2D eigenvalue weighted by Gasteiger charge is 2.53. The third-order valence-electron chi connectivity index (χ3n) is 9.62. The average Bonchev–Trinajstić information content (AvgIpc) is 3.09. The van der Waals surface area contributed by atoms with Crippen LogP contribution in [0.1, 0.15) is 84.0 Å². The molecule has 1 amide bonds. The number of carbonyl (C=O) groups excluding carboxylic acids is 1.